The number of rotatable bonds is 6. The van der Waals surface area contributed by atoms with E-state index in [2.05, 4.69) is 20.6 Å². The number of nitrogens with zero attached hydrogens (tertiary/aromatic N) is 2. The number of fused-ring (bicyclic) bond motifs is 1. The van der Waals surface area contributed by atoms with Gasteiger partial charge in [-0.2, -0.15) is 13.2 Å². The Bertz CT molecular complexity index is 1260. The van der Waals surface area contributed by atoms with Gasteiger partial charge >= 0.3 is 6.18 Å². The number of nitrogens with one attached hydrogen (secondary N) is 2. The zero-order valence-electron chi connectivity index (χ0n) is 17.0. The van der Waals surface area contributed by atoms with Gasteiger partial charge in [0.25, 0.3) is 0 Å². The summed E-state index contributed by atoms with van der Waals surface area (Å²) < 4.78 is 38.5. The van der Waals surface area contributed by atoms with E-state index in [1.54, 1.807) is 11.3 Å². The van der Waals surface area contributed by atoms with E-state index in [1.165, 1.54) is 18.5 Å². The summed E-state index contributed by atoms with van der Waals surface area (Å²) in [4.78, 5) is 22.9. The summed E-state index contributed by atoms with van der Waals surface area (Å²) in [5, 5.41) is 6.58. The predicted octanol–water partition coefficient (Wildman–Crippen LogP) is 6.13. The van der Waals surface area contributed by atoms with Gasteiger partial charge in [0, 0.05) is 29.1 Å². The van der Waals surface area contributed by atoms with Crippen LogP contribution in [-0.4, -0.2) is 22.4 Å². The highest BCUT2D eigenvalue weighted by Crippen LogP contribution is 2.40. The zero-order chi connectivity index (χ0) is 22.7. The molecule has 0 aliphatic carbocycles. The van der Waals surface area contributed by atoms with Crippen molar-refractivity contribution in [2.75, 3.05) is 17.2 Å². The van der Waals surface area contributed by atoms with E-state index in [4.69, 9.17) is 0 Å². The van der Waals surface area contributed by atoms with E-state index in [0.29, 0.717) is 5.82 Å². The third-order valence-electron chi connectivity index (χ3n) is 4.84. The van der Waals surface area contributed by atoms with Gasteiger partial charge in [-0.05, 0) is 30.7 Å². The number of amides is 1. The summed E-state index contributed by atoms with van der Waals surface area (Å²) in [5.41, 5.74) is 1.39. The van der Waals surface area contributed by atoms with Crippen LogP contribution >= 0.6 is 11.3 Å². The number of benzene rings is 2. The average molecular weight is 456 g/mol. The van der Waals surface area contributed by atoms with E-state index in [-0.39, 0.29) is 18.7 Å². The third-order valence-corrected chi connectivity index (χ3v) is 5.86. The van der Waals surface area contributed by atoms with Crippen molar-refractivity contribution in [1.29, 1.82) is 0 Å². The first-order valence-electron chi connectivity index (χ1n) is 9.83. The molecule has 5 nitrogen and oxygen atoms in total. The van der Waals surface area contributed by atoms with Crippen LogP contribution in [0, 0.1) is 6.92 Å². The Morgan fingerprint density at radius 3 is 2.59 bits per heavy atom. The van der Waals surface area contributed by atoms with Crippen molar-refractivity contribution < 1.29 is 18.0 Å². The normalized spacial score (nSPS) is 11.5. The highest BCUT2D eigenvalue weighted by Gasteiger charge is 2.30. The van der Waals surface area contributed by atoms with Gasteiger partial charge in [-0.3, -0.25) is 4.79 Å². The number of carbonyl (C=O) groups is 1. The van der Waals surface area contributed by atoms with E-state index < -0.39 is 17.6 Å². The highest BCUT2D eigenvalue weighted by atomic mass is 32.1. The summed E-state index contributed by atoms with van der Waals surface area (Å²) in [5.74, 6) is 0.219. The number of thiophene rings is 1. The maximum Gasteiger partial charge on any atom is 0.416 e. The Balaban J connectivity index is 1.47. The van der Waals surface area contributed by atoms with Gasteiger partial charge in [-0.25, -0.2) is 9.97 Å². The largest absolute Gasteiger partial charge is 0.416 e. The van der Waals surface area contributed by atoms with Crippen molar-refractivity contribution >= 4 is 39.0 Å². The Hall–Kier alpha value is -3.46. The van der Waals surface area contributed by atoms with Crippen molar-refractivity contribution in [2.24, 2.45) is 0 Å². The molecule has 4 aromatic rings. The molecule has 32 heavy (non-hydrogen) atoms. The summed E-state index contributed by atoms with van der Waals surface area (Å²) in [6.45, 7) is 2.29. The first kappa shape index (κ1) is 21.8. The molecule has 2 aromatic heterocycles. The molecule has 9 heteroatoms. The molecule has 164 valence electrons. The molecule has 0 spiro atoms. The molecule has 0 aliphatic heterocycles. The molecule has 0 fully saturated rings. The van der Waals surface area contributed by atoms with Crippen molar-refractivity contribution in [3.8, 4) is 11.1 Å². The molecule has 4 rings (SSSR count). The van der Waals surface area contributed by atoms with Crippen LogP contribution in [-0.2, 0) is 11.0 Å². The Labute approximate surface area is 186 Å². The van der Waals surface area contributed by atoms with Crippen LogP contribution in [0.2, 0.25) is 0 Å². The van der Waals surface area contributed by atoms with Crippen molar-refractivity contribution in [3.63, 3.8) is 0 Å². The number of carbonyl (C=O) groups excluding carboxylic acids is 1. The number of hydrogen-bond acceptors (Lipinski definition) is 5. The first-order valence-corrected chi connectivity index (χ1v) is 10.6. The standard InChI is InChI=1S/C23H19F3N4OS/c1-14-19(15-6-3-2-4-7-15)20-21(28-13-29-22(20)32-14)27-11-10-18(31)30-17-9-5-8-16(12-17)23(24,25)26/h2-9,12-13H,10-11H2,1H3,(H,30,31)(H,27,28,29). The molecule has 2 N–H and O–H groups in total. The summed E-state index contributed by atoms with van der Waals surface area (Å²) >= 11 is 1.57. The van der Waals surface area contributed by atoms with Gasteiger partial charge in [-0.1, -0.05) is 36.4 Å². The Kier molecular flexibility index (Phi) is 6.09. The van der Waals surface area contributed by atoms with Gasteiger partial charge in [0.1, 0.15) is 17.0 Å². The Morgan fingerprint density at radius 2 is 1.84 bits per heavy atom. The molecule has 2 heterocycles. The number of anilines is 2. The summed E-state index contributed by atoms with van der Waals surface area (Å²) in [6, 6.07) is 14.5. The van der Waals surface area contributed by atoms with Crippen molar-refractivity contribution in [2.45, 2.75) is 19.5 Å². The van der Waals surface area contributed by atoms with Crippen LogP contribution in [0.1, 0.15) is 16.9 Å². The van der Waals surface area contributed by atoms with Crippen LogP contribution in [0.25, 0.3) is 21.3 Å². The number of aromatic nitrogens is 2. The summed E-state index contributed by atoms with van der Waals surface area (Å²) in [7, 11) is 0. The predicted molar refractivity (Wildman–Crippen MR) is 121 cm³/mol. The van der Waals surface area contributed by atoms with E-state index in [0.717, 1.165) is 38.4 Å². The van der Waals surface area contributed by atoms with E-state index >= 15 is 0 Å². The minimum Gasteiger partial charge on any atom is -0.369 e. The fourth-order valence-corrected chi connectivity index (χ4v) is 4.43. The lowest BCUT2D eigenvalue weighted by molar-refractivity contribution is -0.137. The number of hydrogen-bond donors (Lipinski definition) is 2. The van der Waals surface area contributed by atoms with Gasteiger partial charge in [0.15, 0.2) is 0 Å². The maximum absolute atomic E-state index is 12.8. The molecule has 0 radical (unpaired) electrons. The molecule has 0 saturated carbocycles. The second-order valence-corrected chi connectivity index (χ2v) is 8.31. The molecular weight excluding hydrogens is 437 g/mol. The lowest BCUT2D eigenvalue weighted by atomic mass is 10.0. The smallest absolute Gasteiger partial charge is 0.369 e. The van der Waals surface area contributed by atoms with Crippen molar-refractivity contribution in [3.05, 3.63) is 71.4 Å². The fourth-order valence-electron chi connectivity index (χ4n) is 3.42. The van der Waals surface area contributed by atoms with Crippen LogP contribution in [0.5, 0.6) is 0 Å². The molecule has 0 unspecified atom stereocenters. The minimum atomic E-state index is -4.46. The van der Waals surface area contributed by atoms with Gasteiger partial charge in [0.2, 0.25) is 5.91 Å². The number of alkyl halides is 3. The number of aryl methyl sites for hydroxylation is 1. The van der Waals surface area contributed by atoms with E-state index in [1.807, 2.05) is 37.3 Å². The molecule has 0 bridgehead atoms. The number of halogens is 3. The average Bonchev–Trinajstić information content (AvgIpc) is 3.10. The minimum absolute atomic E-state index is 0.0610. The maximum atomic E-state index is 12.8. The highest BCUT2D eigenvalue weighted by molar-refractivity contribution is 7.19. The third kappa shape index (κ3) is 4.72. The SMILES string of the molecule is Cc1sc2ncnc(NCCC(=O)Nc3cccc(C(F)(F)F)c3)c2c1-c1ccccc1. The van der Waals surface area contributed by atoms with Crippen LogP contribution in [0.15, 0.2) is 60.9 Å². The van der Waals surface area contributed by atoms with Crippen molar-refractivity contribution in [1.82, 2.24) is 9.97 Å². The topological polar surface area (TPSA) is 66.9 Å². The molecule has 1 amide bonds. The monoisotopic (exact) mass is 456 g/mol. The first-order chi connectivity index (χ1) is 15.3. The molecule has 2 aromatic carbocycles. The van der Waals surface area contributed by atoms with Gasteiger partial charge in [0.05, 0.1) is 10.9 Å². The fraction of sp³-hybridized carbons (Fsp3) is 0.174. The Morgan fingerprint density at radius 1 is 1.06 bits per heavy atom. The molecular formula is C23H19F3N4OS. The summed E-state index contributed by atoms with van der Waals surface area (Å²) in [6.07, 6.45) is -2.93. The van der Waals surface area contributed by atoms with Crippen LogP contribution in [0.3, 0.4) is 0 Å². The van der Waals surface area contributed by atoms with E-state index in [9.17, 15) is 18.0 Å². The molecule has 0 aliphatic rings. The van der Waals surface area contributed by atoms with Crippen LogP contribution < -0.4 is 10.6 Å². The lowest BCUT2D eigenvalue weighted by Gasteiger charge is -2.11. The molecule has 0 saturated heterocycles. The van der Waals surface area contributed by atoms with Crippen LogP contribution in [0.4, 0.5) is 24.7 Å². The lowest BCUT2D eigenvalue weighted by Crippen LogP contribution is -2.17. The second-order valence-electron chi connectivity index (χ2n) is 7.11. The molecule has 0 atom stereocenters. The second kappa shape index (κ2) is 8.96. The van der Waals surface area contributed by atoms with Gasteiger partial charge in [-0.15, -0.1) is 11.3 Å². The quantitative estimate of drug-likeness (QED) is 0.367. The van der Waals surface area contributed by atoms with Gasteiger partial charge < -0.3 is 10.6 Å². The zero-order valence-corrected chi connectivity index (χ0v) is 17.8.